The van der Waals surface area contributed by atoms with Crippen molar-refractivity contribution >= 4 is 5.96 Å². The molecular formula is C15H34N4. The van der Waals surface area contributed by atoms with Crippen molar-refractivity contribution in [2.75, 3.05) is 26.7 Å². The third-order valence-corrected chi connectivity index (χ3v) is 3.23. The fourth-order valence-electron chi connectivity index (χ4n) is 2.12. The summed E-state index contributed by atoms with van der Waals surface area (Å²) in [4.78, 5) is 6.73. The quantitative estimate of drug-likeness (QED) is 0.525. The first-order valence-electron chi connectivity index (χ1n) is 7.58. The molecule has 0 aromatic carbocycles. The summed E-state index contributed by atoms with van der Waals surface area (Å²) in [7, 11) is 1.83. The molecule has 0 aliphatic carbocycles. The van der Waals surface area contributed by atoms with Gasteiger partial charge in [-0.25, -0.2) is 0 Å². The molecule has 0 aromatic rings. The van der Waals surface area contributed by atoms with E-state index in [1.54, 1.807) is 0 Å². The highest BCUT2D eigenvalue weighted by atomic mass is 15.2. The van der Waals surface area contributed by atoms with Crippen LogP contribution < -0.4 is 10.6 Å². The molecule has 0 fully saturated rings. The molecule has 114 valence electrons. The van der Waals surface area contributed by atoms with E-state index in [-0.39, 0.29) is 0 Å². The molecule has 2 N–H and O–H groups in total. The van der Waals surface area contributed by atoms with Gasteiger partial charge in [-0.05, 0) is 40.0 Å². The number of hydrogen-bond acceptors (Lipinski definition) is 2. The van der Waals surface area contributed by atoms with Crippen molar-refractivity contribution in [2.24, 2.45) is 10.9 Å². The lowest BCUT2D eigenvalue weighted by Gasteiger charge is -2.30. The van der Waals surface area contributed by atoms with Crippen LogP contribution in [0, 0.1) is 5.92 Å². The zero-order valence-electron chi connectivity index (χ0n) is 14.0. The van der Waals surface area contributed by atoms with E-state index in [9.17, 15) is 0 Å². The Morgan fingerprint density at radius 1 is 0.947 bits per heavy atom. The highest BCUT2D eigenvalue weighted by molar-refractivity contribution is 5.79. The van der Waals surface area contributed by atoms with Crippen molar-refractivity contribution in [1.82, 2.24) is 15.5 Å². The maximum Gasteiger partial charge on any atom is 0.191 e. The highest BCUT2D eigenvalue weighted by Crippen LogP contribution is 2.03. The van der Waals surface area contributed by atoms with Crippen molar-refractivity contribution in [3.05, 3.63) is 0 Å². The summed E-state index contributed by atoms with van der Waals surface area (Å²) in [5, 5.41) is 6.73. The van der Waals surface area contributed by atoms with Gasteiger partial charge in [0.2, 0.25) is 0 Å². The number of nitrogens with zero attached hydrogens (tertiary/aromatic N) is 2. The molecule has 4 nitrogen and oxygen atoms in total. The number of nitrogens with one attached hydrogen (secondary N) is 2. The summed E-state index contributed by atoms with van der Waals surface area (Å²) >= 11 is 0. The summed E-state index contributed by atoms with van der Waals surface area (Å²) < 4.78 is 0. The van der Waals surface area contributed by atoms with Crippen LogP contribution in [0.5, 0.6) is 0 Å². The normalized spacial score (nSPS) is 12.9. The average Bonchev–Trinajstić information content (AvgIpc) is 2.30. The van der Waals surface area contributed by atoms with E-state index >= 15 is 0 Å². The molecule has 0 rings (SSSR count). The first-order valence-corrected chi connectivity index (χ1v) is 7.58. The minimum Gasteiger partial charge on any atom is -0.356 e. The topological polar surface area (TPSA) is 39.7 Å². The fraction of sp³-hybridized carbons (Fsp3) is 0.933. The van der Waals surface area contributed by atoms with Gasteiger partial charge in [0, 0.05) is 38.8 Å². The van der Waals surface area contributed by atoms with Gasteiger partial charge in [0.15, 0.2) is 5.96 Å². The standard InChI is InChI=1S/C15H34N4/c1-12(2)8-9-17-15(16-7)18-10-11-19(13(3)4)14(5)6/h12-14H,8-11H2,1-7H3,(H2,16,17,18). The van der Waals surface area contributed by atoms with Gasteiger partial charge < -0.3 is 10.6 Å². The molecule has 0 aliphatic rings. The van der Waals surface area contributed by atoms with Gasteiger partial charge in [-0.15, -0.1) is 0 Å². The van der Waals surface area contributed by atoms with E-state index in [0.717, 1.165) is 31.5 Å². The fourth-order valence-corrected chi connectivity index (χ4v) is 2.12. The maximum atomic E-state index is 4.25. The summed E-state index contributed by atoms with van der Waals surface area (Å²) in [6.45, 7) is 16.4. The molecule has 19 heavy (non-hydrogen) atoms. The third kappa shape index (κ3) is 8.87. The van der Waals surface area contributed by atoms with E-state index in [0.29, 0.717) is 12.1 Å². The maximum absolute atomic E-state index is 4.25. The van der Waals surface area contributed by atoms with Crippen LogP contribution >= 0.6 is 0 Å². The van der Waals surface area contributed by atoms with Gasteiger partial charge in [-0.3, -0.25) is 9.89 Å². The summed E-state index contributed by atoms with van der Waals surface area (Å²) in [5.41, 5.74) is 0. The van der Waals surface area contributed by atoms with Crippen molar-refractivity contribution < 1.29 is 0 Å². The van der Waals surface area contributed by atoms with Gasteiger partial charge in [-0.1, -0.05) is 13.8 Å². The van der Waals surface area contributed by atoms with Crippen LogP contribution in [0.25, 0.3) is 0 Å². The van der Waals surface area contributed by atoms with E-state index in [1.807, 2.05) is 7.05 Å². The SMILES string of the molecule is CN=C(NCCC(C)C)NCCN(C(C)C)C(C)C. The van der Waals surface area contributed by atoms with E-state index in [2.05, 4.69) is 62.1 Å². The zero-order valence-corrected chi connectivity index (χ0v) is 14.0. The molecular weight excluding hydrogens is 236 g/mol. The summed E-state index contributed by atoms with van der Waals surface area (Å²) in [6, 6.07) is 1.16. The first-order chi connectivity index (χ1) is 8.88. The number of guanidine groups is 1. The molecule has 0 radical (unpaired) electrons. The molecule has 0 unspecified atom stereocenters. The Balaban J connectivity index is 3.95. The Morgan fingerprint density at radius 2 is 1.47 bits per heavy atom. The Kier molecular flexibility index (Phi) is 9.66. The van der Waals surface area contributed by atoms with Gasteiger partial charge in [0.05, 0.1) is 0 Å². The largest absolute Gasteiger partial charge is 0.356 e. The monoisotopic (exact) mass is 270 g/mol. The van der Waals surface area contributed by atoms with Gasteiger partial charge >= 0.3 is 0 Å². The predicted molar refractivity (Wildman–Crippen MR) is 85.8 cm³/mol. The lowest BCUT2D eigenvalue weighted by molar-refractivity contribution is 0.178. The molecule has 0 saturated heterocycles. The summed E-state index contributed by atoms with van der Waals surface area (Å²) in [5.74, 6) is 1.64. The molecule has 0 bridgehead atoms. The molecule has 0 spiro atoms. The van der Waals surface area contributed by atoms with Gasteiger partial charge in [0.1, 0.15) is 0 Å². The lowest BCUT2D eigenvalue weighted by atomic mass is 10.1. The van der Waals surface area contributed by atoms with Crippen molar-refractivity contribution in [2.45, 2.75) is 60.0 Å². The predicted octanol–water partition coefficient (Wildman–Crippen LogP) is 2.32. The second kappa shape index (κ2) is 10.1. The number of rotatable bonds is 8. The Labute approximate surface area is 120 Å². The minimum atomic E-state index is 0.581. The zero-order chi connectivity index (χ0) is 14.8. The summed E-state index contributed by atoms with van der Waals surface area (Å²) in [6.07, 6.45) is 1.17. The van der Waals surface area contributed by atoms with Crippen molar-refractivity contribution in [3.63, 3.8) is 0 Å². The Hall–Kier alpha value is -0.770. The lowest BCUT2D eigenvalue weighted by Crippen LogP contribution is -2.45. The molecule has 0 aromatic heterocycles. The van der Waals surface area contributed by atoms with Crippen LogP contribution in [0.2, 0.25) is 0 Å². The Bertz CT molecular complexity index is 239. The molecule has 0 amide bonds. The van der Waals surface area contributed by atoms with E-state index in [1.165, 1.54) is 6.42 Å². The molecule has 4 heteroatoms. The van der Waals surface area contributed by atoms with Crippen LogP contribution in [-0.2, 0) is 0 Å². The highest BCUT2D eigenvalue weighted by Gasteiger charge is 2.12. The van der Waals surface area contributed by atoms with Crippen molar-refractivity contribution in [1.29, 1.82) is 0 Å². The first kappa shape index (κ1) is 18.2. The van der Waals surface area contributed by atoms with Crippen LogP contribution in [-0.4, -0.2) is 49.6 Å². The van der Waals surface area contributed by atoms with Crippen LogP contribution in [0.1, 0.15) is 48.0 Å². The molecule has 0 aliphatic heterocycles. The second-order valence-electron chi connectivity index (χ2n) is 6.03. The average molecular weight is 270 g/mol. The molecule has 0 heterocycles. The number of hydrogen-bond donors (Lipinski definition) is 2. The smallest absolute Gasteiger partial charge is 0.191 e. The van der Waals surface area contributed by atoms with Crippen molar-refractivity contribution in [3.8, 4) is 0 Å². The Morgan fingerprint density at radius 3 is 1.89 bits per heavy atom. The minimum absolute atomic E-state index is 0.581. The van der Waals surface area contributed by atoms with Gasteiger partial charge in [0.25, 0.3) is 0 Å². The molecule has 0 atom stereocenters. The number of aliphatic imine (C=N–C) groups is 1. The van der Waals surface area contributed by atoms with Crippen LogP contribution in [0.4, 0.5) is 0 Å². The van der Waals surface area contributed by atoms with Gasteiger partial charge in [-0.2, -0.15) is 0 Å². The third-order valence-electron chi connectivity index (χ3n) is 3.23. The van der Waals surface area contributed by atoms with E-state index in [4.69, 9.17) is 0 Å². The van der Waals surface area contributed by atoms with E-state index < -0.39 is 0 Å². The van der Waals surface area contributed by atoms with Crippen LogP contribution in [0.3, 0.4) is 0 Å². The molecule has 0 saturated carbocycles. The van der Waals surface area contributed by atoms with Crippen LogP contribution in [0.15, 0.2) is 4.99 Å². The second-order valence-corrected chi connectivity index (χ2v) is 6.03.